The first kappa shape index (κ1) is 14.1. The predicted molar refractivity (Wildman–Crippen MR) is 71.7 cm³/mol. The van der Waals surface area contributed by atoms with Crippen LogP contribution in [0.15, 0.2) is 18.6 Å². The molecule has 1 atom stereocenters. The van der Waals surface area contributed by atoms with Crippen LogP contribution in [0.4, 0.5) is 0 Å². The Morgan fingerprint density at radius 3 is 2.29 bits per heavy atom. The van der Waals surface area contributed by atoms with Crippen LogP contribution in [0.1, 0.15) is 59.7 Å². The van der Waals surface area contributed by atoms with Crippen LogP contribution in [-0.4, -0.2) is 15.5 Å². The third kappa shape index (κ3) is 5.26. The van der Waals surface area contributed by atoms with Crippen molar-refractivity contribution in [2.24, 2.45) is 5.41 Å². The lowest BCUT2D eigenvalue weighted by Crippen LogP contribution is -2.43. The van der Waals surface area contributed by atoms with Crippen molar-refractivity contribution >= 4 is 0 Å². The lowest BCUT2D eigenvalue weighted by Gasteiger charge is -2.35. The zero-order valence-electron chi connectivity index (χ0n) is 11.9. The highest BCUT2D eigenvalue weighted by Gasteiger charge is 2.27. The smallest absolute Gasteiger partial charge is 0.0753 e. The summed E-state index contributed by atoms with van der Waals surface area (Å²) in [4.78, 5) is 8.44. The van der Waals surface area contributed by atoms with Gasteiger partial charge in [0.15, 0.2) is 0 Å². The molecule has 1 aromatic heterocycles. The second kappa shape index (κ2) is 5.13. The summed E-state index contributed by atoms with van der Waals surface area (Å²) in [5.74, 6) is 0. The van der Waals surface area contributed by atoms with Crippen molar-refractivity contribution in [2.45, 2.75) is 59.5 Å². The fourth-order valence-corrected chi connectivity index (χ4v) is 2.57. The van der Waals surface area contributed by atoms with Crippen LogP contribution in [-0.2, 0) is 0 Å². The number of nitrogens with one attached hydrogen (secondary N) is 1. The van der Waals surface area contributed by atoms with Gasteiger partial charge >= 0.3 is 0 Å². The molecule has 0 amide bonds. The molecule has 0 fully saturated rings. The molecule has 0 aliphatic rings. The Morgan fingerprint density at radius 2 is 1.82 bits per heavy atom. The summed E-state index contributed by atoms with van der Waals surface area (Å²) in [7, 11) is 0. The van der Waals surface area contributed by atoms with Crippen molar-refractivity contribution in [2.75, 3.05) is 0 Å². The minimum atomic E-state index is 0.0924. The average Bonchev–Trinajstić information content (AvgIpc) is 2.14. The van der Waals surface area contributed by atoms with Crippen LogP contribution in [0, 0.1) is 5.41 Å². The summed E-state index contributed by atoms with van der Waals surface area (Å²) >= 11 is 0. The highest BCUT2D eigenvalue weighted by Crippen LogP contribution is 2.28. The van der Waals surface area contributed by atoms with E-state index in [9.17, 15) is 0 Å². The van der Waals surface area contributed by atoms with Gasteiger partial charge in [-0.2, -0.15) is 0 Å². The standard InChI is InChI=1S/C14H25N3/c1-11(12-9-15-7-8-16-12)17-14(5,6)10-13(2,3)4/h7-9,11,17H,10H2,1-6H3. The Bertz CT molecular complexity index is 338. The van der Waals surface area contributed by atoms with Gasteiger partial charge in [-0.25, -0.2) is 0 Å². The molecule has 1 rings (SSSR count). The first-order valence-electron chi connectivity index (χ1n) is 6.23. The van der Waals surface area contributed by atoms with Gasteiger partial charge in [0.05, 0.1) is 5.69 Å². The Hall–Kier alpha value is -0.960. The van der Waals surface area contributed by atoms with Gasteiger partial charge in [-0.3, -0.25) is 9.97 Å². The van der Waals surface area contributed by atoms with Crippen molar-refractivity contribution in [1.82, 2.24) is 15.3 Å². The number of nitrogens with zero attached hydrogens (tertiary/aromatic N) is 2. The molecule has 3 heteroatoms. The van der Waals surface area contributed by atoms with Gasteiger partial charge in [0.25, 0.3) is 0 Å². The summed E-state index contributed by atoms with van der Waals surface area (Å²) < 4.78 is 0. The van der Waals surface area contributed by atoms with E-state index in [1.807, 2.05) is 6.20 Å². The van der Waals surface area contributed by atoms with Crippen LogP contribution in [0.5, 0.6) is 0 Å². The molecule has 3 nitrogen and oxygen atoms in total. The monoisotopic (exact) mass is 235 g/mol. The third-order valence-electron chi connectivity index (χ3n) is 2.61. The highest BCUT2D eigenvalue weighted by molar-refractivity contribution is 5.02. The Balaban J connectivity index is 2.65. The van der Waals surface area contributed by atoms with Crippen molar-refractivity contribution in [3.63, 3.8) is 0 Å². The fourth-order valence-electron chi connectivity index (χ4n) is 2.57. The summed E-state index contributed by atoms with van der Waals surface area (Å²) in [5, 5.41) is 3.63. The normalized spacial score (nSPS) is 14.7. The van der Waals surface area contributed by atoms with E-state index in [0.29, 0.717) is 5.41 Å². The van der Waals surface area contributed by atoms with Gasteiger partial charge < -0.3 is 5.32 Å². The second-order valence-corrected chi connectivity index (χ2v) is 6.62. The van der Waals surface area contributed by atoms with Crippen LogP contribution in [0.25, 0.3) is 0 Å². The lowest BCUT2D eigenvalue weighted by atomic mass is 9.81. The summed E-state index contributed by atoms with van der Waals surface area (Å²) in [6.45, 7) is 13.4. The molecule has 0 aromatic carbocycles. The zero-order chi connectivity index (χ0) is 13.1. The number of hydrogen-bond acceptors (Lipinski definition) is 3. The SMILES string of the molecule is CC(NC(C)(C)CC(C)(C)C)c1cnccn1. The van der Waals surface area contributed by atoms with E-state index in [2.05, 4.69) is 56.8 Å². The molecule has 0 bridgehead atoms. The molecular weight excluding hydrogens is 210 g/mol. The van der Waals surface area contributed by atoms with E-state index in [0.717, 1.165) is 12.1 Å². The van der Waals surface area contributed by atoms with Gasteiger partial charge in [0.1, 0.15) is 0 Å². The second-order valence-electron chi connectivity index (χ2n) is 6.62. The molecule has 96 valence electrons. The third-order valence-corrected chi connectivity index (χ3v) is 2.61. The van der Waals surface area contributed by atoms with Crippen LogP contribution in [0.2, 0.25) is 0 Å². The molecule has 0 saturated heterocycles. The topological polar surface area (TPSA) is 37.8 Å². The fraction of sp³-hybridized carbons (Fsp3) is 0.714. The van der Waals surface area contributed by atoms with E-state index >= 15 is 0 Å². The Morgan fingerprint density at radius 1 is 1.18 bits per heavy atom. The minimum absolute atomic E-state index is 0.0924. The highest BCUT2D eigenvalue weighted by atomic mass is 15.0. The number of rotatable bonds is 4. The maximum atomic E-state index is 4.33. The van der Waals surface area contributed by atoms with Gasteiger partial charge in [-0.1, -0.05) is 20.8 Å². The zero-order valence-corrected chi connectivity index (χ0v) is 11.9. The minimum Gasteiger partial charge on any atom is -0.304 e. The van der Waals surface area contributed by atoms with Crippen LogP contribution < -0.4 is 5.32 Å². The van der Waals surface area contributed by atoms with Crippen molar-refractivity contribution in [3.05, 3.63) is 24.3 Å². The summed E-state index contributed by atoms with van der Waals surface area (Å²) in [6, 6.07) is 0.223. The quantitative estimate of drug-likeness (QED) is 0.869. The van der Waals surface area contributed by atoms with Crippen molar-refractivity contribution < 1.29 is 0 Å². The van der Waals surface area contributed by atoms with Gasteiger partial charge in [0.2, 0.25) is 0 Å². The van der Waals surface area contributed by atoms with Gasteiger partial charge in [-0.05, 0) is 32.6 Å². The molecule has 0 aliphatic heterocycles. The molecule has 1 unspecified atom stereocenters. The van der Waals surface area contributed by atoms with Gasteiger partial charge in [0, 0.05) is 30.2 Å². The Kier molecular flexibility index (Phi) is 4.26. The first-order valence-corrected chi connectivity index (χ1v) is 6.23. The van der Waals surface area contributed by atoms with E-state index in [4.69, 9.17) is 0 Å². The molecule has 0 saturated carbocycles. The Labute approximate surface area is 105 Å². The summed E-state index contributed by atoms with van der Waals surface area (Å²) in [5.41, 5.74) is 1.41. The van der Waals surface area contributed by atoms with E-state index in [1.54, 1.807) is 12.4 Å². The molecule has 1 N–H and O–H groups in total. The lowest BCUT2D eigenvalue weighted by molar-refractivity contribution is 0.225. The average molecular weight is 235 g/mol. The largest absolute Gasteiger partial charge is 0.304 e. The van der Waals surface area contributed by atoms with E-state index in [1.165, 1.54) is 0 Å². The molecule has 17 heavy (non-hydrogen) atoms. The molecular formula is C14H25N3. The summed E-state index contributed by atoms with van der Waals surface area (Å²) in [6.07, 6.45) is 6.39. The van der Waals surface area contributed by atoms with Crippen LogP contribution >= 0.6 is 0 Å². The number of hydrogen-bond donors (Lipinski definition) is 1. The maximum Gasteiger partial charge on any atom is 0.0753 e. The van der Waals surface area contributed by atoms with Crippen molar-refractivity contribution in [3.8, 4) is 0 Å². The van der Waals surface area contributed by atoms with E-state index in [-0.39, 0.29) is 11.6 Å². The van der Waals surface area contributed by atoms with E-state index < -0.39 is 0 Å². The van der Waals surface area contributed by atoms with Gasteiger partial charge in [-0.15, -0.1) is 0 Å². The molecule has 1 heterocycles. The van der Waals surface area contributed by atoms with Crippen LogP contribution in [0.3, 0.4) is 0 Å². The molecule has 0 spiro atoms. The maximum absolute atomic E-state index is 4.33. The first-order chi connectivity index (χ1) is 7.70. The molecule has 1 aromatic rings. The van der Waals surface area contributed by atoms with Crippen molar-refractivity contribution in [1.29, 1.82) is 0 Å². The molecule has 0 radical (unpaired) electrons. The predicted octanol–water partition coefficient (Wildman–Crippen LogP) is 3.34. The molecule has 0 aliphatic carbocycles. The number of aromatic nitrogens is 2.